The average Bonchev–Trinajstić information content (AvgIpc) is 2.55. The number of sulfonamides is 1. The molecule has 0 aliphatic heterocycles. The summed E-state index contributed by atoms with van der Waals surface area (Å²) in [5.74, 6) is 0. The van der Waals surface area contributed by atoms with Crippen molar-refractivity contribution in [1.29, 1.82) is 0 Å². The van der Waals surface area contributed by atoms with Gasteiger partial charge in [0.25, 0.3) is 0 Å². The first kappa shape index (κ1) is 21.6. The van der Waals surface area contributed by atoms with Gasteiger partial charge in [-0.3, -0.25) is 0 Å². The maximum Gasteiger partial charge on any atom is 0.211 e. The van der Waals surface area contributed by atoms with Crippen molar-refractivity contribution in [1.82, 2.24) is 9.62 Å². The van der Waals surface area contributed by atoms with E-state index < -0.39 is 10.0 Å². The molecule has 0 radical (unpaired) electrons. The number of nitrogens with one attached hydrogen (secondary N) is 1. The molecule has 1 rings (SSSR count). The Morgan fingerprint density at radius 3 is 2.42 bits per heavy atom. The number of nitrogens with zero attached hydrogens (tertiary/aromatic N) is 1. The Kier molecular flexibility index (Phi) is 10.8. The van der Waals surface area contributed by atoms with Crippen LogP contribution in [-0.2, 0) is 14.8 Å². The Balaban J connectivity index is 1.97. The van der Waals surface area contributed by atoms with Crippen LogP contribution in [0.2, 0.25) is 0 Å². The second-order valence-corrected chi connectivity index (χ2v) is 8.86. The van der Waals surface area contributed by atoms with Crippen LogP contribution < -0.4 is 5.32 Å². The second-order valence-electron chi connectivity index (χ2n) is 6.82. The molecule has 0 aromatic rings. The molecule has 5 nitrogen and oxygen atoms in total. The molecular formula is C18H36N2O3S. The Bertz CT molecular complexity index is 432. The van der Waals surface area contributed by atoms with E-state index in [0.29, 0.717) is 6.10 Å². The number of hydrogen-bond donors (Lipinski definition) is 1. The minimum absolute atomic E-state index is 0.147. The maximum atomic E-state index is 11.6. The van der Waals surface area contributed by atoms with Crippen LogP contribution in [0.25, 0.3) is 0 Å². The predicted molar refractivity (Wildman–Crippen MR) is 101 cm³/mol. The highest BCUT2D eigenvalue weighted by Gasteiger charge is 2.28. The van der Waals surface area contributed by atoms with Gasteiger partial charge in [-0.05, 0) is 58.0 Å². The highest BCUT2D eigenvalue weighted by Crippen LogP contribution is 2.25. The molecule has 24 heavy (non-hydrogen) atoms. The molecule has 0 saturated heterocycles. The summed E-state index contributed by atoms with van der Waals surface area (Å²) in [6, 6.07) is 0.147. The molecule has 0 aromatic carbocycles. The fraction of sp³-hybridized carbons (Fsp3) is 0.889. The fourth-order valence-corrected chi connectivity index (χ4v) is 3.88. The topological polar surface area (TPSA) is 58.6 Å². The molecule has 0 bridgehead atoms. The van der Waals surface area contributed by atoms with E-state index in [1.165, 1.54) is 29.8 Å². The Labute approximate surface area is 148 Å². The van der Waals surface area contributed by atoms with Crippen molar-refractivity contribution in [3.05, 3.63) is 12.7 Å². The third-order valence-corrected chi connectivity index (χ3v) is 6.15. The molecule has 1 N–H and O–H groups in total. The van der Waals surface area contributed by atoms with Crippen molar-refractivity contribution in [2.75, 3.05) is 33.0 Å². The number of unbranched alkanes of at least 4 members (excludes halogenated alkanes) is 3. The summed E-state index contributed by atoms with van der Waals surface area (Å²) < 4.78 is 30.6. The molecule has 142 valence electrons. The quantitative estimate of drug-likeness (QED) is 0.405. The summed E-state index contributed by atoms with van der Waals surface area (Å²) >= 11 is 0. The van der Waals surface area contributed by atoms with Crippen molar-refractivity contribution in [2.45, 2.75) is 69.9 Å². The van der Waals surface area contributed by atoms with Gasteiger partial charge in [-0.15, -0.1) is 6.58 Å². The number of hydrogen-bond acceptors (Lipinski definition) is 4. The van der Waals surface area contributed by atoms with E-state index in [0.717, 1.165) is 58.2 Å². The lowest BCUT2D eigenvalue weighted by atomic mass is 9.93. The molecule has 0 amide bonds. The molecule has 0 unspecified atom stereocenters. The lowest BCUT2D eigenvalue weighted by Crippen LogP contribution is -2.40. The zero-order chi connectivity index (χ0) is 17.8. The van der Waals surface area contributed by atoms with Crippen LogP contribution in [0, 0.1) is 0 Å². The molecule has 1 aliphatic rings. The highest BCUT2D eigenvalue weighted by atomic mass is 32.2. The molecule has 0 spiro atoms. The summed E-state index contributed by atoms with van der Waals surface area (Å²) in [5.41, 5.74) is 0. The Morgan fingerprint density at radius 1 is 1.12 bits per heavy atom. The van der Waals surface area contributed by atoms with Gasteiger partial charge in [0.15, 0.2) is 0 Å². The van der Waals surface area contributed by atoms with Gasteiger partial charge in [0.2, 0.25) is 10.0 Å². The van der Waals surface area contributed by atoms with Crippen molar-refractivity contribution >= 4 is 10.0 Å². The molecular weight excluding hydrogens is 324 g/mol. The van der Waals surface area contributed by atoms with Crippen LogP contribution in [0.1, 0.15) is 57.8 Å². The highest BCUT2D eigenvalue weighted by molar-refractivity contribution is 7.88. The smallest absolute Gasteiger partial charge is 0.211 e. The van der Waals surface area contributed by atoms with Gasteiger partial charge < -0.3 is 10.1 Å². The first-order valence-corrected chi connectivity index (χ1v) is 11.2. The van der Waals surface area contributed by atoms with E-state index in [4.69, 9.17) is 4.74 Å². The predicted octanol–water partition coefficient (Wildman–Crippen LogP) is 2.93. The van der Waals surface area contributed by atoms with E-state index in [2.05, 4.69) is 11.9 Å². The molecule has 6 heteroatoms. The first-order chi connectivity index (χ1) is 11.4. The molecule has 1 fully saturated rings. The summed E-state index contributed by atoms with van der Waals surface area (Å²) in [4.78, 5) is 0. The maximum absolute atomic E-state index is 11.6. The summed E-state index contributed by atoms with van der Waals surface area (Å²) in [5, 5.41) is 3.40. The van der Waals surface area contributed by atoms with Crippen molar-refractivity contribution in [2.24, 2.45) is 0 Å². The van der Waals surface area contributed by atoms with Gasteiger partial charge in [0.05, 0.1) is 12.4 Å². The van der Waals surface area contributed by atoms with Crippen molar-refractivity contribution < 1.29 is 13.2 Å². The fourth-order valence-electron chi connectivity index (χ4n) is 3.13. The molecule has 0 aromatic heterocycles. The third kappa shape index (κ3) is 9.16. The summed E-state index contributed by atoms with van der Waals surface area (Å²) in [6.07, 6.45) is 13.1. The molecule has 1 saturated carbocycles. The van der Waals surface area contributed by atoms with Gasteiger partial charge in [-0.1, -0.05) is 18.9 Å². The molecule has 1 aliphatic carbocycles. The van der Waals surface area contributed by atoms with Crippen molar-refractivity contribution in [3.63, 3.8) is 0 Å². The van der Waals surface area contributed by atoms with Gasteiger partial charge in [0, 0.05) is 19.7 Å². The Morgan fingerprint density at radius 2 is 1.79 bits per heavy atom. The Hall–Kier alpha value is -0.430. The minimum Gasteiger partial charge on any atom is -0.378 e. The summed E-state index contributed by atoms with van der Waals surface area (Å²) in [6.45, 7) is 6.66. The van der Waals surface area contributed by atoms with E-state index in [9.17, 15) is 8.42 Å². The van der Waals surface area contributed by atoms with Gasteiger partial charge in [0.1, 0.15) is 0 Å². The second kappa shape index (κ2) is 12.0. The standard InChI is InChI=1S/C18H36N2O3S/c1-4-5-14-19-15-8-6-7-9-16-23-18-12-10-17(11-13-18)20(2)24(3,21)22/h4,17-19H,1,5-16H2,2-3H3. The lowest BCUT2D eigenvalue weighted by molar-refractivity contribution is 0.0157. The average molecular weight is 361 g/mol. The lowest BCUT2D eigenvalue weighted by Gasteiger charge is -2.33. The van der Waals surface area contributed by atoms with E-state index in [1.807, 2.05) is 6.08 Å². The van der Waals surface area contributed by atoms with Crippen LogP contribution in [0.5, 0.6) is 0 Å². The van der Waals surface area contributed by atoms with Crippen LogP contribution >= 0.6 is 0 Å². The normalized spacial score (nSPS) is 22.0. The monoisotopic (exact) mass is 360 g/mol. The van der Waals surface area contributed by atoms with Gasteiger partial charge in [-0.2, -0.15) is 0 Å². The van der Waals surface area contributed by atoms with Crippen LogP contribution in [0.15, 0.2) is 12.7 Å². The van der Waals surface area contributed by atoms with Crippen LogP contribution in [0.4, 0.5) is 0 Å². The molecule has 0 atom stereocenters. The van der Waals surface area contributed by atoms with Gasteiger partial charge >= 0.3 is 0 Å². The van der Waals surface area contributed by atoms with Gasteiger partial charge in [-0.25, -0.2) is 12.7 Å². The van der Waals surface area contributed by atoms with Crippen LogP contribution in [0.3, 0.4) is 0 Å². The SMILES string of the molecule is C=CCCNCCCCCCOC1CCC(N(C)S(C)(=O)=O)CC1. The first-order valence-electron chi connectivity index (χ1n) is 9.31. The number of ether oxygens (including phenoxy) is 1. The zero-order valence-corrected chi connectivity index (χ0v) is 16.3. The van der Waals surface area contributed by atoms with Crippen LogP contribution in [-0.4, -0.2) is 57.9 Å². The third-order valence-electron chi connectivity index (χ3n) is 4.81. The molecule has 0 heterocycles. The van der Waals surface area contributed by atoms with Crippen molar-refractivity contribution in [3.8, 4) is 0 Å². The van der Waals surface area contributed by atoms with E-state index >= 15 is 0 Å². The number of rotatable bonds is 13. The van der Waals surface area contributed by atoms with E-state index in [1.54, 1.807) is 7.05 Å². The van der Waals surface area contributed by atoms with E-state index in [-0.39, 0.29) is 6.04 Å². The largest absolute Gasteiger partial charge is 0.378 e. The summed E-state index contributed by atoms with van der Waals surface area (Å²) in [7, 11) is -1.39. The zero-order valence-electron chi connectivity index (χ0n) is 15.5. The minimum atomic E-state index is -3.07.